The number of fused-ring (bicyclic) bond motifs is 1. The van der Waals surface area contributed by atoms with E-state index in [-0.39, 0.29) is 117 Å². The molecule has 1 aromatic rings. The van der Waals surface area contributed by atoms with Gasteiger partial charge in [-0.1, -0.05) is 13.8 Å². The van der Waals surface area contributed by atoms with Crippen LogP contribution in [0.3, 0.4) is 0 Å². The molecule has 0 spiro atoms. The number of hydrogen-bond acceptors (Lipinski definition) is 5. The summed E-state index contributed by atoms with van der Waals surface area (Å²) in [6.45, 7) is 4.92. The quantitative estimate of drug-likeness (QED) is 0.384. The van der Waals surface area contributed by atoms with Gasteiger partial charge in [0.05, 0.1) is 5.69 Å². The maximum Gasteiger partial charge on any atom is 1.00 e. The molecule has 1 aliphatic rings. The van der Waals surface area contributed by atoms with Crippen molar-refractivity contribution in [3.05, 3.63) is 17.7 Å². The molecule has 0 atom stereocenters. The van der Waals surface area contributed by atoms with E-state index >= 15 is 0 Å². The van der Waals surface area contributed by atoms with E-state index in [2.05, 4.69) is 4.99 Å². The Morgan fingerprint density at radius 3 is 1.82 bits per heavy atom. The van der Waals surface area contributed by atoms with Gasteiger partial charge in [0.1, 0.15) is 9.79 Å². The molecule has 2 N–H and O–H groups in total. The van der Waals surface area contributed by atoms with Crippen LogP contribution < -0.4 is 103 Å². The molecule has 1 aliphatic heterocycles. The van der Waals surface area contributed by atoms with E-state index in [1.165, 1.54) is 0 Å². The van der Waals surface area contributed by atoms with Gasteiger partial charge in [0, 0.05) is 16.7 Å². The van der Waals surface area contributed by atoms with Crippen LogP contribution in [0.4, 0.5) is 5.69 Å². The first kappa shape index (κ1) is 24.0. The van der Waals surface area contributed by atoms with Gasteiger partial charge in [0.25, 0.3) is 20.2 Å². The summed E-state index contributed by atoms with van der Waals surface area (Å²) in [5, 5.41) is 0. The van der Waals surface area contributed by atoms with Gasteiger partial charge >= 0.3 is 103 Å². The van der Waals surface area contributed by atoms with Crippen LogP contribution >= 0.6 is 0 Å². The molecule has 11 heteroatoms. The second-order valence-electron chi connectivity index (χ2n) is 5.06. The first-order valence-electron chi connectivity index (χ1n) is 5.55. The standard InChI is InChI=1S/C11H13NO6S2.2K.2H/c1-6-11(2,3)9-7(19(13,14)15)4-5-8(10(9)12-6)20(16,17)18;;;;/h4-5H,1-3H3,(H,13,14,15)(H,16,17,18);;;;/q;2*+1;2*-1. The minimum absolute atomic E-state index is 0. The van der Waals surface area contributed by atoms with Crippen LogP contribution in [-0.2, 0) is 25.7 Å². The molecule has 0 bridgehead atoms. The van der Waals surface area contributed by atoms with Gasteiger partial charge < -0.3 is 2.85 Å². The van der Waals surface area contributed by atoms with Crippen LogP contribution in [0.25, 0.3) is 0 Å². The number of aliphatic imine (C=N–C) groups is 1. The van der Waals surface area contributed by atoms with Crippen LogP contribution in [0.1, 0.15) is 29.2 Å². The summed E-state index contributed by atoms with van der Waals surface area (Å²) in [7, 11) is -9.08. The van der Waals surface area contributed by atoms with Crippen LogP contribution in [0.15, 0.2) is 26.9 Å². The van der Waals surface area contributed by atoms with Crippen LogP contribution in [0.5, 0.6) is 0 Å². The third kappa shape index (κ3) is 4.38. The van der Waals surface area contributed by atoms with E-state index in [0.29, 0.717) is 5.71 Å². The molecule has 1 heterocycles. The fourth-order valence-electron chi connectivity index (χ4n) is 2.18. The average molecular weight is 400 g/mol. The first-order chi connectivity index (χ1) is 8.87. The molecule has 2 rings (SSSR count). The fraction of sp³-hybridized carbons (Fsp3) is 0.364. The molecule has 0 saturated heterocycles. The van der Waals surface area contributed by atoms with Crippen molar-refractivity contribution in [2.24, 2.45) is 4.99 Å². The van der Waals surface area contributed by atoms with Gasteiger partial charge in [-0.15, -0.1) is 0 Å². The first-order valence-corrected chi connectivity index (χ1v) is 8.43. The SMILES string of the molecule is CC1=Nc2c(S(=O)(=O)O)ccc(S(=O)(=O)O)c2C1(C)C.[H-].[H-].[K+].[K+]. The normalized spacial score (nSPS) is 16.1. The molecule has 0 fully saturated rings. The van der Waals surface area contributed by atoms with Crippen LogP contribution in [0, 0.1) is 0 Å². The summed E-state index contributed by atoms with van der Waals surface area (Å²) in [6.07, 6.45) is 0. The van der Waals surface area contributed by atoms with Crippen molar-refractivity contribution in [2.45, 2.75) is 36.0 Å². The van der Waals surface area contributed by atoms with Crippen molar-refractivity contribution in [3.63, 3.8) is 0 Å². The molecular formula is C11H15K2NO6S2. The predicted molar refractivity (Wildman–Crippen MR) is 74.1 cm³/mol. The molecule has 0 radical (unpaired) electrons. The summed E-state index contributed by atoms with van der Waals surface area (Å²) >= 11 is 0. The van der Waals surface area contributed by atoms with Crippen molar-refractivity contribution in [1.82, 2.24) is 0 Å². The number of rotatable bonds is 2. The fourth-order valence-corrected chi connectivity index (χ4v) is 3.66. The minimum Gasteiger partial charge on any atom is -1.00 e. The molecule has 1 aromatic carbocycles. The molecule has 114 valence electrons. The molecule has 7 nitrogen and oxygen atoms in total. The summed E-state index contributed by atoms with van der Waals surface area (Å²) in [6, 6.07) is 1.86. The maximum absolute atomic E-state index is 11.4. The van der Waals surface area contributed by atoms with Gasteiger partial charge in [-0.2, -0.15) is 16.8 Å². The molecule has 0 saturated carbocycles. The molecule has 0 unspecified atom stereocenters. The topological polar surface area (TPSA) is 121 Å². The second-order valence-corrected chi connectivity index (χ2v) is 7.84. The third-order valence-electron chi connectivity index (χ3n) is 3.47. The second kappa shape index (κ2) is 7.70. The van der Waals surface area contributed by atoms with Crippen LogP contribution in [0.2, 0.25) is 0 Å². The Kier molecular flexibility index (Phi) is 8.39. The maximum atomic E-state index is 11.4. The Morgan fingerprint density at radius 2 is 1.41 bits per heavy atom. The van der Waals surface area contributed by atoms with Crippen LogP contribution in [-0.4, -0.2) is 31.7 Å². The average Bonchev–Trinajstić information content (AvgIpc) is 2.46. The summed E-state index contributed by atoms with van der Waals surface area (Å²) in [5.41, 5.74) is -0.479. The Morgan fingerprint density at radius 1 is 1.00 bits per heavy atom. The largest absolute Gasteiger partial charge is 1.00 e. The predicted octanol–water partition coefficient (Wildman–Crippen LogP) is -4.20. The third-order valence-corrected chi connectivity index (χ3v) is 5.25. The molecule has 0 amide bonds. The Hall–Kier alpha value is 1.98. The van der Waals surface area contributed by atoms with Crippen molar-refractivity contribution in [3.8, 4) is 0 Å². The Labute approximate surface area is 217 Å². The van der Waals surface area contributed by atoms with Crippen molar-refractivity contribution in [1.29, 1.82) is 0 Å². The number of nitrogens with zero attached hydrogens (tertiary/aromatic N) is 1. The van der Waals surface area contributed by atoms with E-state index < -0.39 is 35.4 Å². The molecular weight excluding hydrogens is 384 g/mol. The van der Waals surface area contributed by atoms with Gasteiger partial charge in [-0.25, -0.2) is 0 Å². The molecule has 0 aliphatic carbocycles. The van der Waals surface area contributed by atoms with Gasteiger partial charge in [-0.05, 0) is 19.1 Å². The zero-order chi connectivity index (χ0) is 15.5. The van der Waals surface area contributed by atoms with Gasteiger partial charge in [0.2, 0.25) is 0 Å². The van der Waals surface area contributed by atoms with E-state index in [0.717, 1.165) is 12.1 Å². The monoisotopic (exact) mass is 399 g/mol. The molecule has 0 aromatic heterocycles. The smallest absolute Gasteiger partial charge is 1.00 e. The van der Waals surface area contributed by atoms with Gasteiger partial charge in [-0.3, -0.25) is 14.1 Å². The number of benzene rings is 1. The van der Waals surface area contributed by atoms with E-state index in [1.807, 2.05) is 0 Å². The summed E-state index contributed by atoms with van der Waals surface area (Å²) < 4.78 is 64.0. The minimum atomic E-state index is -4.55. The Bertz CT molecular complexity index is 854. The summed E-state index contributed by atoms with van der Waals surface area (Å²) in [5.74, 6) is 0. The zero-order valence-corrected chi connectivity index (χ0v) is 20.8. The van der Waals surface area contributed by atoms with Crippen molar-refractivity contribution >= 4 is 31.6 Å². The van der Waals surface area contributed by atoms with Gasteiger partial charge in [0.15, 0.2) is 0 Å². The van der Waals surface area contributed by atoms with E-state index in [4.69, 9.17) is 0 Å². The zero-order valence-electron chi connectivity index (χ0n) is 14.9. The Balaban J connectivity index is -0.00000110. The molecule has 22 heavy (non-hydrogen) atoms. The van der Waals surface area contributed by atoms with E-state index in [1.54, 1.807) is 20.8 Å². The van der Waals surface area contributed by atoms with E-state index in [9.17, 15) is 25.9 Å². The summed E-state index contributed by atoms with van der Waals surface area (Å²) in [4.78, 5) is 3.15. The van der Waals surface area contributed by atoms with Crippen molar-refractivity contribution in [2.75, 3.05) is 0 Å². The van der Waals surface area contributed by atoms with Crippen molar-refractivity contribution < 1.29 is 132 Å². The number of hydrogen-bond donors (Lipinski definition) is 2.